The lowest BCUT2D eigenvalue weighted by Crippen LogP contribution is -2.21. The van der Waals surface area contributed by atoms with Gasteiger partial charge in [0, 0.05) is 6.61 Å². The molecule has 0 rings (SSSR count). The average molecular weight is 361 g/mol. The second-order valence-corrected chi connectivity index (χ2v) is 7.52. The van der Waals surface area contributed by atoms with Gasteiger partial charge in [-0.15, -0.1) is 0 Å². The summed E-state index contributed by atoms with van der Waals surface area (Å²) >= 11 is 0. The fourth-order valence-electron chi connectivity index (χ4n) is 3.07. The molecule has 0 saturated carbocycles. The van der Waals surface area contributed by atoms with E-state index in [0.717, 1.165) is 19.4 Å². The van der Waals surface area contributed by atoms with Gasteiger partial charge in [-0.1, -0.05) is 90.9 Å². The lowest BCUT2D eigenvalue weighted by Gasteiger charge is -2.20. The monoisotopic (exact) mass is 360 g/mol. The van der Waals surface area contributed by atoms with E-state index in [1.807, 2.05) is 0 Å². The van der Waals surface area contributed by atoms with Gasteiger partial charge >= 0.3 is 0 Å². The molecule has 154 valence electrons. The molecule has 0 spiro atoms. The zero-order valence-corrected chi connectivity index (χ0v) is 17.8. The van der Waals surface area contributed by atoms with Crippen molar-refractivity contribution in [3.05, 3.63) is 0 Å². The van der Waals surface area contributed by atoms with E-state index in [1.165, 1.54) is 83.5 Å². The quantitative estimate of drug-likeness (QED) is 0.187. The molecule has 1 unspecified atom stereocenters. The third-order valence-electron chi connectivity index (χ3n) is 4.48. The standard InChI is InChI=1S/C22H46O2.H2O/c1-5-7-8-9-10-11-12-13-14-15-16-17-18-19-22(23-20-6-2)24-21(3)4;/h21-22H,5-20H2,1-4H3;1H2. The lowest BCUT2D eigenvalue weighted by atomic mass is 10.0. The summed E-state index contributed by atoms with van der Waals surface area (Å²) < 4.78 is 11.6. The van der Waals surface area contributed by atoms with Crippen molar-refractivity contribution < 1.29 is 14.9 Å². The van der Waals surface area contributed by atoms with Gasteiger partial charge in [0.1, 0.15) is 0 Å². The molecule has 0 saturated heterocycles. The predicted molar refractivity (Wildman–Crippen MR) is 110 cm³/mol. The molecule has 0 amide bonds. The maximum absolute atomic E-state index is 5.84. The summed E-state index contributed by atoms with van der Waals surface area (Å²) in [6, 6.07) is 0. The van der Waals surface area contributed by atoms with Gasteiger partial charge in [-0.3, -0.25) is 0 Å². The first-order valence-corrected chi connectivity index (χ1v) is 11.0. The van der Waals surface area contributed by atoms with Crippen LogP contribution in [0.2, 0.25) is 0 Å². The highest BCUT2D eigenvalue weighted by atomic mass is 16.7. The van der Waals surface area contributed by atoms with Crippen molar-refractivity contribution in [3.63, 3.8) is 0 Å². The van der Waals surface area contributed by atoms with Crippen molar-refractivity contribution in [3.8, 4) is 0 Å². The van der Waals surface area contributed by atoms with Gasteiger partial charge in [-0.2, -0.15) is 0 Å². The van der Waals surface area contributed by atoms with E-state index in [1.54, 1.807) is 0 Å². The second-order valence-electron chi connectivity index (χ2n) is 7.52. The van der Waals surface area contributed by atoms with Crippen LogP contribution in [0.4, 0.5) is 0 Å². The van der Waals surface area contributed by atoms with Crippen molar-refractivity contribution in [1.29, 1.82) is 0 Å². The van der Waals surface area contributed by atoms with Gasteiger partial charge in [-0.25, -0.2) is 0 Å². The Kier molecular flexibility index (Phi) is 23.8. The molecule has 0 aromatic heterocycles. The number of unbranched alkanes of at least 4 members (excludes halogenated alkanes) is 12. The van der Waals surface area contributed by atoms with Crippen LogP contribution in [0.25, 0.3) is 0 Å². The Morgan fingerprint density at radius 1 is 0.600 bits per heavy atom. The average Bonchev–Trinajstić information content (AvgIpc) is 2.56. The van der Waals surface area contributed by atoms with Crippen molar-refractivity contribution >= 4 is 0 Å². The topological polar surface area (TPSA) is 50.0 Å². The number of hydrogen-bond acceptors (Lipinski definition) is 2. The normalized spacial score (nSPS) is 12.4. The third kappa shape index (κ3) is 21.8. The van der Waals surface area contributed by atoms with Gasteiger partial charge in [-0.05, 0) is 33.1 Å². The summed E-state index contributed by atoms with van der Waals surface area (Å²) in [5.41, 5.74) is 0. The Hall–Kier alpha value is -0.120. The van der Waals surface area contributed by atoms with E-state index in [4.69, 9.17) is 9.47 Å². The van der Waals surface area contributed by atoms with Crippen LogP contribution in [-0.4, -0.2) is 24.5 Å². The molecule has 0 aliphatic carbocycles. The summed E-state index contributed by atoms with van der Waals surface area (Å²) in [6.45, 7) is 9.43. The Morgan fingerprint density at radius 2 is 1.04 bits per heavy atom. The molecule has 3 heteroatoms. The van der Waals surface area contributed by atoms with Crippen LogP contribution >= 0.6 is 0 Å². The van der Waals surface area contributed by atoms with Crippen molar-refractivity contribution in [2.24, 2.45) is 0 Å². The van der Waals surface area contributed by atoms with Gasteiger partial charge in [0.15, 0.2) is 6.29 Å². The van der Waals surface area contributed by atoms with E-state index in [-0.39, 0.29) is 17.9 Å². The van der Waals surface area contributed by atoms with Crippen LogP contribution in [0.15, 0.2) is 0 Å². The van der Waals surface area contributed by atoms with Crippen molar-refractivity contribution in [2.45, 2.75) is 136 Å². The van der Waals surface area contributed by atoms with E-state index < -0.39 is 0 Å². The minimum absolute atomic E-state index is 0. The Morgan fingerprint density at radius 3 is 1.44 bits per heavy atom. The highest BCUT2D eigenvalue weighted by Crippen LogP contribution is 2.15. The van der Waals surface area contributed by atoms with E-state index in [0.29, 0.717) is 0 Å². The highest BCUT2D eigenvalue weighted by molar-refractivity contribution is 4.52. The molecular weight excluding hydrogens is 312 g/mol. The van der Waals surface area contributed by atoms with Crippen LogP contribution in [0.1, 0.15) is 124 Å². The fraction of sp³-hybridized carbons (Fsp3) is 1.00. The molecule has 0 bridgehead atoms. The fourth-order valence-corrected chi connectivity index (χ4v) is 3.07. The number of hydrogen-bond donors (Lipinski definition) is 0. The third-order valence-corrected chi connectivity index (χ3v) is 4.48. The first kappa shape index (κ1) is 27.1. The maximum Gasteiger partial charge on any atom is 0.157 e. The van der Waals surface area contributed by atoms with Crippen LogP contribution in [0.3, 0.4) is 0 Å². The summed E-state index contributed by atoms with van der Waals surface area (Å²) in [6.07, 6.45) is 20.6. The first-order valence-electron chi connectivity index (χ1n) is 11.0. The largest absolute Gasteiger partial charge is 0.412 e. The van der Waals surface area contributed by atoms with Gasteiger partial charge in [0.25, 0.3) is 0 Å². The van der Waals surface area contributed by atoms with Crippen LogP contribution < -0.4 is 0 Å². The molecule has 25 heavy (non-hydrogen) atoms. The number of rotatable bonds is 19. The summed E-state index contributed by atoms with van der Waals surface area (Å²) in [5.74, 6) is 0. The van der Waals surface area contributed by atoms with E-state index in [9.17, 15) is 0 Å². The molecular formula is C22H48O3. The van der Waals surface area contributed by atoms with E-state index >= 15 is 0 Å². The Labute approximate surface area is 158 Å². The van der Waals surface area contributed by atoms with Crippen molar-refractivity contribution in [2.75, 3.05) is 6.61 Å². The first-order chi connectivity index (χ1) is 11.7. The zero-order chi connectivity index (χ0) is 17.9. The predicted octanol–water partition coefficient (Wildman–Crippen LogP) is 6.82. The molecule has 1 atom stereocenters. The summed E-state index contributed by atoms with van der Waals surface area (Å²) in [4.78, 5) is 0. The molecule has 0 radical (unpaired) electrons. The minimum atomic E-state index is 0. The molecule has 0 aromatic carbocycles. The summed E-state index contributed by atoms with van der Waals surface area (Å²) in [7, 11) is 0. The lowest BCUT2D eigenvalue weighted by molar-refractivity contribution is -0.166. The van der Waals surface area contributed by atoms with Crippen LogP contribution in [-0.2, 0) is 9.47 Å². The molecule has 0 fully saturated rings. The van der Waals surface area contributed by atoms with Gasteiger partial charge < -0.3 is 14.9 Å². The van der Waals surface area contributed by atoms with Crippen molar-refractivity contribution in [1.82, 2.24) is 0 Å². The maximum atomic E-state index is 5.84. The molecule has 2 N–H and O–H groups in total. The minimum Gasteiger partial charge on any atom is -0.412 e. The highest BCUT2D eigenvalue weighted by Gasteiger charge is 2.10. The molecule has 0 aliphatic rings. The second kappa shape index (κ2) is 21.9. The van der Waals surface area contributed by atoms with Gasteiger partial charge in [0.2, 0.25) is 0 Å². The SMILES string of the molecule is CCCCCCCCCCCCCCCC(OCCC)OC(C)C.O. The van der Waals surface area contributed by atoms with Gasteiger partial charge in [0.05, 0.1) is 6.10 Å². The summed E-state index contributed by atoms with van der Waals surface area (Å²) in [5, 5.41) is 0. The van der Waals surface area contributed by atoms with Crippen LogP contribution in [0, 0.1) is 0 Å². The van der Waals surface area contributed by atoms with Crippen LogP contribution in [0.5, 0.6) is 0 Å². The Balaban J connectivity index is 0. The smallest absolute Gasteiger partial charge is 0.157 e. The van der Waals surface area contributed by atoms with E-state index in [2.05, 4.69) is 27.7 Å². The molecule has 0 aromatic rings. The molecule has 0 heterocycles. The molecule has 3 nitrogen and oxygen atoms in total. The number of ether oxygens (including phenoxy) is 2. The Bertz CT molecular complexity index is 231. The zero-order valence-electron chi connectivity index (χ0n) is 17.8. The molecule has 0 aliphatic heterocycles.